The van der Waals surface area contributed by atoms with Crippen LogP contribution in [0.1, 0.15) is 387 Å². The largest absolute Gasteiger partial charge is 0.462 e. The van der Waals surface area contributed by atoms with Crippen molar-refractivity contribution in [2.45, 2.75) is 393 Å². The van der Waals surface area contributed by atoms with Gasteiger partial charge in [-0.2, -0.15) is 0 Å². The van der Waals surface area contributed by atoms with Crippen LogP contribution in [0.4, 0.5) is 0 Å². The number of carbonyl (C=O) groups excluding carboxylic acids is 3. The molecular weight excluding hydrogens is 961 g/mol. The summed E-state index contributed by atoms with van der Waals surface area (Å²) in [5, 5.41) is 0. The van der Waals surface area contributed by atoms with Crippen LogP contribution in [0.25, 0.3) is 0 Å². The van der Waals surface area contributed by atoms with Crippen molar-refractivity contribution in [3.05, 3.63) is 36.5 Å². The maximum absolute atomic E-state index is 12.9. The van der Waals surface area contributed by atoms with Gasteiger partial charge >= 0.3 is 17.9 Å². The van der Waals surface area contributed by atoms with Crippen molar-refractivity contribution in [1.29, 1.82) is 0 Å². The summed E-state index contributed by atoms with van der Waals surface area (Å²) in [6.45, 7) is 6.68. The molecule has 0 amide bonds. The highest BCUT2D eigenvalue weighted by atomic mass is 16.6. The second kappa shape index (κ2) is 67.1. The third-order valence-corrected chi connectivity index (χ3v) is 15.9. The molecule has 78 heavy (non-hydrogen) atoms. The van der Waals surface area contributed by atoms with Crippen molar-refractivity contribution in [1.82, 2.24) is 0 Å². The second-order valence-electron chi connectivity index (χ2n) is 23.8. The molecule has 0 aliphatic heterocycles. The van der Waals surface area contributed by atoms with Gasteiger partial charge in [0, 0.05) is 19.3 Å². The number of allylic oxidation sites excluding steroid dienone is 6. The SMILES string of the molecule is CCCCCC/C=C\CCCCCCCC(=O)OCC(COC(=O)CCCCCCCCCCCCCCCCCCC/C=C\C/C=C\CCCCCCC)OC(=O)CCCCCCCCCCCCCCCCCCCC. The maximum Gasteiger partial charge on any atom is 0.306 e. The molecule has 0 saturated heterocycles. The van der Waals surface area contributed by atoms with E-state index >= 15 is 0 Å². The Hall–Kier alpha value is -2.37. The first-order chi connectivity index (χ1) is 38.5. The Bertz CT molecular complexity index is 1300. The average molecular weight is 1100 g/mol. The Morgan fingerprint density at radius 1 is 0.256 bits per heavy atom. The number of hydrogen-bond donors (Lipinski definition) is 0. The summed E-state index contributed by atoms with van der Waals surface area (Å²) in [4.78, 5) is 38.4. The standard InChI is InChI=1S/C72H134O6/c1-4-7-10-13-16-19-22-25-27-29-31-32-33-34-35-36-37-38-39-40-41-43-44-47-50-53-56-59-62-65-71(74)77-68-69(67-76-70(73)64-61-58-55-52-49-46-24-21-18-15-12-9-6-3)78-72(75)66-63-60-57-54-51-48-45-42-30-28-26-23-20-17-14-11-8-5-2/h21-22,24-25,29,31,69H,4-20,23,26-28,30,32-68H2,1-3H3/b24-21-,25-22-,31-29-. The molecule has 0 aliphatic carbocycles. The van der Waals surface area contributed by atoms with Crippen LogP contribution in [0.3, 0.4) is 0 Å². The van der Waals surface area contributed by atoms with E-state index in [1.807, 2.05) is 0 Å². The van der Waals surface area contributed by atoms with Crippen LogP contribution < -0.4 is 0 Å². The van der Waals surface area contributed by atoms with E-state index in [0.29, 0.717) is 19.3 Å². The van der Waals surface area contributed by atoms with Crippen LogP contribution in [0, 0.1) is 0 Å². The summed E-state index contributed by atoms with van der Waals surface area (Å²) in [5.74, 6) is -0.849. The molecule has 6 heteroatoms. The Morgan fingerprint density at radius 2 is 0.462 bits per heavy atom. The molecule has 0 spiro atoms. The molecule has 0 saturated carbocycles. The fourth-order valence-electron chi connectivity index (χ4n) is 10.6. The lowest BCUT2D eigenvalue weighted by Gasteiger charge is -2.18. The van der Waals surface area contributed by atoms with Gasteiger partial charge in [-0.25, -0.2) is 0 Å². The molecule has 0 radical (unpaired) electrons. The number of carbonyl (C=O) groups is 3. The lowest BCUT2D eigenvalue weighted by atomic mass is 10.0. The Balaban J connectivity index is 4.18. The van der Waals surface area contributed by atoms with E-state index in [1.54, 1.807) is 0 Å². The van der Waals surface area contributed by atoms with Gasteiger partial charge in [0.25, 0.3) is 0 Å². The van der Waals surface area contributed by atoms with Gasteiger partial charge in [-0.1, -0.05) is 327 Å². The highest BCUT2D eigenvalue weighted by Crippen LogP contribution is 2.18. The lowest BCUT2D eigenvalue weighted by Crippen LogP contribution is -2.30. The van der Waals surface area contributed by atoms with Crippen LogP contribution in [0.15, 0.2) is 36.5 Å². The highest BCUT2D eigenvalue weighted by molar-refractivity contribution is 5.71. The van der Waals surface area contributed by atoms with Crippen LogP contribution in [0.2, 0.25) is 0 Å². The number of esters is 3. The first-order valence-electron chi connectivity index (χ1n) is 35.0. The third-order valence-electron chi connectivity index (χ3n) is 15.9. The van der Waals surface area contributed by atoms with Crippen LogP contribution in [-0.2, 0) is 28.6 Å². The minimum absolute atomic E-state index is 0.0690. The molecule has 0 heterocycles. The summed E-state index contributed by atoms with van der Waals surface area (Å²) in [6.07, 6.45) is 83.2. The van der Waals surface area contributed by atoms with Gasteiger partial charge in [0.2, 0.25) is 0 Å². The second-order valence-corrected chi connectivity index (χ2v) is 23.8. The fourth-order valence-corrected chi connectivity index (χ4v) is 10.6. The van der Waals surface area contributed by atoms with Gasteiger partial charge in [0.15, 0.2) is 6.10 Å². The van der Waals surface area contributed by atoms with Crippen molar-refractivity contribution in [2.75, 3.05) is 13.2 Å². The smallest absolute Gasteiger partial charge is 0.306 e. The summed E-state index contributed by atoms with van der Waals surface area (Å²) in [7, 11) is 0. The van der Waals surface area contributed by atoms with Gasteiger partial charge in [-0.15, -0.1) is 0 Å². The minimum atomic E-state index is -0.772. The van der Waals surface area contributed by atoms with E-state index in [1.165, 1.54) is 276 Å². The summed E-state index contributed by atoms with van der Waals surface area (Å²) in [6, 6.07) is 0. The molecule has 1 atom stereocenters. The Kier molecular flexibility index (Phi) is 65.1. The molecule has 0 N–H and O–H groups in total. The van der Waals surface area contributed by atoms with Gasteiger partial charge in [-0.3, -0.25) is 14.4 Å². The van der Waals surface area contributed by atoms with Crippen molar-refractivity contribution >= 4 is 17.9 Å². The highest BCUT2D eigenvalue weighted by Gasteiger charge is 2.19. The number of hydrogen-bond acceptors (Lipinski definition) is 6. The molecule has 0 aliphatic rings. The van der Waals surface area contributed by atoms with Crippen molar-refractivity contribution in [3.63, 3.8) is 0 Å². The van der Waals surface area contributed by atoms with Crippen LogP contribution in [-0.4, -0.2) is 37.2 Å². The molecule has 0 fully saturated rings. The zero-order chi connectivity index (χ0) is 56.4. The molecule has 1 unspecified atom stereocenters. The predicted molar refractivity (Wildman–Crippen MR) is 339 cm³/mol. The number of ether oxygens (including phenoxy) is 3. The van der Waals surface area contributed by atoms with Gasteiger partial charge in [0.05, 0.1) is 0 Å². The van der Waals surface area contributed by atoms with Crippen LogP contribution >= 0.6 is 0 Å². The fraction of sp³-hybridized carbons (Fsp3) is 0.875. The number of rotatable bonds is 65. The van der Waals surface area contributed by atoms with E-state index in [-0.39, 0.29) is 31.1 Å². The molecule has 0 aromatic carbocycles. The zero-order valence-electron chi connectivity index (χ0n) is 52.7. The van der Waals surface area contributed by atoms with E-state index in [0.717, 1.165) is 70.6 Å². The summed E-state index contributed by atoms with van der Waals surface area (Å²) in [5.41, 5.74) is 0. The van der Waals surface area contributed by atoms with E-state index < -0.39 is 6.10 Å². The molecule has 0 rings (SSSR count). The van der Waals surface area contributed by atoms with Crippen molar-refractivity contribution < 1.29 is 28.6 Å². The first kappa shape index (κ1) is 75.6. The molecule has 0 aromatic heterocycles. The summed E-state index contributed by atoms with van der Waals surface area (Å²) < 4.78 is 17.0. The van der Waals surface area contributed by atoms with Crippen molar-refractivity contribution in [2.24, 2.45) is 0 Å². The number of unbranched alkanes of at least 4 members (excludes halogenated alkanes) is 48. The zero-order valence-corrected chi connectivity index (χ0v) is 52.7. The Labute approximate surface area is 486 Å². The van der Waals surface area contributed by atoms with Crippen molar-refractivity contribution in [3.8, 4) is 0 Å². The topological polar surface area (TPSA) is 78.9 Å². The molecular formula is C72H134O6. The molecule has 458 valence electrons. The first-order valence-corrected chi connectivity index (χ1v) is 35.0. The minimum Gasteiger partial charge on any atom is -0.462 e. The maximum atomic E-state index is 12.9. The van der Waals surface area contributed by atoms with Gasteiger partial charge in [-0.05, 0) is 77.0 Å². The normalized spacial score (nSPS) is 12.2. The van der Waals surface area contributed by atoms with E-state index in [2.05, 4.69) is 57.2 Å². The molecule has 0 aromatic rings. The Morgan fingerprint density at radius 3 is 0.731 bits per heavy atom. The van der Waals surface area contributed by atoms with Gasteiger partial charge in [0.1, 0.15) is 13.2 Å². The molecule has 0 bridgehead atoms. The monoisotopic (exact) mass is 1100 g/mol. The molecule has 6 nitrogen and oxygen atoms in total. The van der Waals surface area contributed by atoms with E-state index in [9.17, 15) is 14.4 Å². The van der Waals surface area contributed by atoms with Crippen LogP contribution in [0.5, 0.6) is 0 Å². The van der Waals surface area contributed by atoms with Gasteiger partial charge < -0.3 is 14.2 Å². The predicted octanol–water partition coefficient (Wildman–Crippen LogP) is 23.9. The quantitative estimate of drug-likeness (QED) is 0.0261. The lowest BCUT2D eigenvalue weighted by molar-refractivity contribution is -0.167. The summed E-state index contributed by atoms with van der Waals surface area (Å²) >= 11 is 0. The third kappa shape index (κ3) is 64.5. The van der Waals surface area contributed by atoms with E-state index in [4.69, 9.17) is 14.2 Å². The average Bonchev–Trinajstić information content (AvgIpc) is 3.44.